The number of fused-ring (bicyclic) bond motifs is 1. The van der Waals surface area contributed by atoms with Crippen LogP contribution in [0, 0.1) is 0 Å². The van der Waals surface area contributed by atoms with Crippen molar-refractivity contribution in [2.45, 2.75) is 0 Å². The van der Waals surface area contributed by atoms with Gasteiger partial charge in [0.25, 0.3) is 0 Å². The third kappa shape index (κ3) is 3.68. The van der Waals surface area contributed by atoms with Gasteiger partial charge in [0.1, 0.15) is 5.52 Å². The van der Waals surface area contributed by atoms with E-state index < -0.39 is 0 Å². The lowest BCUT2D eigenvalue weighted by atomic mass is 10.1. The molecule has 6 aromatic rings. The number of rotatable bonds is 4. The summed E-state index contributed by atoms with van der Waals surface area (Å²) >= 11 is 0. The Kier molecular flexibility index (Phi) is 4.74. The molecule has 4 nitrogen and oxygen atoms in total. The fraction of sp³-hybridized carbons (Fsp3) is 0. The van der Waals surface area contributed by atoms with E-state index in [4.69, 9.17) is 19.4 Å². The van der Waals surface area contributed by atoms with Gasteiger partial charge in [-0.25, -0.2) is 15.0 Å². The van der Waals surface area contributed by atoms with Gasteiger partial charge < -0.3 is 4.42 Å². The Hall–Kier alpha value is -4.57. The summed E-state index contributed by atoms with van der Waals surface area (Å²) in [6.45, 7) is 0. The van der Waals surface area contributed by atoms with Crippen LogP contribution >= 0.6 is 0 Å². The Labute approximate surface area is 191 Å². The molecule has 156 valence electrons. The molecule has 0 bridgehead atoms. The molecule has 0 aliphatic heterocycles. The molecule has 33 heavy (non-hydrogen) atoms. The van der Waals surface area contributed by atoms with E-state index >= 15 is 0 Å². The van der Waals surface area contributed by atoms with Gasteiger partial charge in [-0.2, -0.15) is 0 Å². The second-order valence-electron chi connectivity index (χ2n) is 7.73. The predicted octanol–water partition coefficient (Wildman–Crippen LogP) is 7.29. The molecule has 2 heterocycles. The summed E-state index contributed by atoms with van der Waals surface area (Å²) < 4.78 is 6.09. The van der Waals surface area contributed by atoms with E-state index in [1.807, 2.05) is 103 Å². The topological polar surface area (TPSA) is 51.8 Å². The SMILES string of the molecule is c1ccc(-c2cc(-c3cccc4oc(-c5ccccc5)nc34)nc(-c3ccccc3)n2)cc1. The molecule has 4 aromatic carbocycles. The Balaban J connectivity index is 1.56. The molecule has 0 atom stereocenters. The number of nitrogens with zero attached hydrogens (tertiary/aromatic N) is 3. The van der Waals surface area contributed by atoms with Crippen molar-refractivity contribution in [1.82, 2.24) is 15.0 Å². The number of oxazole rings is 1. The zero-order valence-corrected chi connectivity index (χ0v) is 17.7. The first-order valence-corrected chi connectivity index (χ1v) is 10.8. The van der Waals surface area contributed by atoms with Crippen LogP contribution in [0.1, 0.15) is 0 Å². The minimum absolute atomic E-state index is 0.596. The van der Waals surface area contributed by atoms with Crippen LogP contribution in [-0.2, 0) is 0 Å². The van der Waals surface area contributed by atoms with E-state index in [9.17, 15) is 0 Å². The van der Waals surface area contributed by atoms with Crippen molar-refractivity contribution in [3.63, 3.8) is 0 Å². The van der Waals surface area contributed by atoms with Crippen LogP contribution in [0.15, 0.2) is 120 Å². The Morgan fingerprint density at radius 3 is 1.79 bits per heavy atom. The number of benzene rings is 4. The van der Waals surface area contributed by atoms with Crippen molar-refractivity contribution >= 4 is 11.1 Å². The van der Waals surface area contributed by atoms with Crippen molar-refractivity contribution in [3.05, 3.63) is 115 Å². The fourth-order valence-electron chi connectivity index (χ4n) is 3.92. The van der Waals surface area contributed by atoms with Gasteiger partial charge in [-0.3, -0.25) is 0 Å². The highest BCUT2D eigenvalue weighted by atomic mass is 16.3. The van der Waals surface area contributed by atoms with Crippen LogP contribution < -0.4 is 0 Å². The summed E-state index contributed by atoms with van der Waals surface area (Å²) in [5.74, 6) is 1.27. The van der Waals surface area contributed by atoms with Crippen LogP contribution in [0.4, 0.5) is 0 Å². The average molecular weight is 425 g/mol. The van der Waals surface area contributed by atoms with Crippen LogP contribution in [0.25, 0.3) is 56.5 Å². The lowest BCUT2D eigenvalue weighted by molar-refractivity contribution is 0.620. The molecule has 6 rings (SSSR count). The molecule has 0 N–H and O–H groups in total. The summed E-state index contributed by atoms with van der Waals surface area (Å²) in [4.78, 5) is 14.7. The van der Waals surface area contributed by atoms with Crippen LogP contribution in [0.5, 0.6) is 0 Å². The Morgan fingerprint density at radius 2 is 1.09 bits per heavy atom. The maximum absolute atomic E-state index is 6.09. The zero-order valence-electron chi connectivity index (χ0n) is 17.7. The van der Waals surface area contributed by atoms with Crippen molar-refractivity contribution in [2.24, 2.45) is 0 Å². The second kappa shape index (κ2) is 8.17. The molecular weight excluding hydrogens is 406 g/mol. The third-order valence-electron chi connectivity index (χ3n) is 5.54. The quantitative estimate of drug-likeness (QED) is 0.298. The van der Waals surface area contributed by atoms with Gasteiger partial charge in [-0.15, -0.1) is 0 Å². The van der Waals surface area contributed by atoms with E-state index in [1.165, 1.54) is 0 Å². The van der Waals surface area contributed by atoms with Gasteiger partial charge in [-0.05, 0) is 24.3 Å². The minimum atomic E-state index is 0.596. The van der Waals surface area contributed by atoms with Gasteiger partial charge in [-0.1, -0.05) is 91.0 Å². The highest BCUT2D eigenvalue weighted by Crippen LogP contribution is 2.33. The first-order chi connectivity index (χ1) is 16.3. The number of hydrogen-bond donors (Lipinski definition) is 0. The first-order valence-electron chi connectivity index (χ1n) is 10.8. The maximum Gasteiger partial charge on any atom is 0.227 e. The van der Waals surface area contributed by atoms with E-state index in [0.717, 1.165) is 44.7 Å². The molecule has 0 spiro atoms. The van der Waals surface area contributed by atoms with Crippen molar-refractivity contribution in [1.29, 1.82) is 0 Å². The molecule has 2 aromatic heterocycles. The normalized spacial score (nSPS) is 11.0. The number of aromatic nitrogens is 3. The van der Waals surface area contributed by atoms with Crippen LogP contribution in [-0.4, -0.2) is 15.0 Å². The molecule has 0 saturated carbocycles. The minimum Gasteiger partial charge on any atom is -0.436 e. The van der Waals surface area contributed by atoms with Gasteiger partial charge in [0.2, 0.25) is 5.89 Å². The third-order valence-corrected chi connectivity index (χ3v) is 5.54. The zero-order chi connectivity index (χ0) is 22.0. The fourth-order valence-corrected chi connectivity index (χ4v) is 3.92. The molecule has 0 saturated heterocycles. The van der Waals surface area contributed by atoms with Crippen LogP contribution in [0.2, 0.25) is 0 Å². The highest BCUT2D eigenvalue weighted by Gasteiger charge is 2.16. The molecule has 0 amide bonds. The molecule has 0 aliphatic carbocycles. The maximum atomic E-state index is 6.09. The molecule has 4 heteroatoms. The van der Waals surface area contributed by atoms with Crippen molar-refractivity contribution in [3.8, 4) is 45.4 Å². The van der Waals surface area contributed by atoms with E-state index in [1.54, 1.807) is 0 Å². The van der Waals surface area contributed by atoms with Gasteiger partial charge >= 0.3 is 0 Å². The summed E-state index contributed by atoms with van der Waals surface area (Å²) in [6.07, 6.45) is 0. The summed E-state index contributed by atoms with van der Waals surface area (Å²) in [5.41, 5.74) is 7.04. The average Bonchev–Trinajstić information content (AvgIpc) is 3.35. The van der Waals surface area contributed by atoms with Gasteiger partial charge in [0.05, 0.1) is 11.4 Å². The predicted molar refractivity (Wildman–Crippen MR) is 131 cm³/mol. The van der Waals surface area contributed by atoms with E-state index in [-0.39, 0.29) is 0 Å². The summed E-state index contributed by atoms with van der Waals surface area (Å²) in [5, 5.41) is 0. The first kappa shape index (κ1) is 19.1. The highest BCUT2D eigenvalue weighted by molar-refractivity contribution is 5.92. The molecule has 0 unspecified atom stereocenters. The van der Waals surface area contributed by atoms with Gasteiger partial charge in [0, 0.05) is 22.3 Å². The largest absolute Gasteiger partial charge is 0.436 e. The number of hydrogen-bond acceptors (Lipinski definition) is 4. The monoisotopic (exact) mass is 425 g/mol. The standard InChI is InChI=1S/C29H19N3O/c1-4-11-20(12-5-1)24-19-25(31-28(30-24)21-13-6-2-7-14-21)23-17-10-18-26-27(23)32-29(33-26)22-15-8-3-9-16-22/h1-19H. The summed E-state index contributed by atoms with van der Waals surface area (Å²) in [6, 6.07) is 38.1. The van der Waals surface area contributed by atoms with Crippen molar-refractivity contribution < 1.29 is 4.42 Å². The molecule has 0 radical (unpaired) electrons. The van der Waals surface area contributed by atoms with Crippen molar-refractivity contribution in [2.75, 3.05) is 0 Å². The van der Waals surface area contributed by atoms with Gasteiger partial charge in [0.15, 0.2) is 11.4 Å². The Bertz CT molecular complexity index is 1480. The summed E-state index contributed by atoms with van der Waals surface area (Å²) in [7, 11) is 0. The van der Waals surface area contributed by atoms with E-state index in [0.29, 0.717) is 11.7 Å². The molecular formula is C29H19N3O. The lowest BCUT2D eigenvalue weighted by Crippen LogP contribution is -1.96. The smallest absolute Gasteiger partial charge is 0.227 e. The number of para-hydroxylation sites is 1. The molecule has 0 aliphatic rings. The second-order valence-corrected chi connectivity index (χ2v) is 7.73. The Morgan fingerprint density at radius 1 is 0.485 bits per heavy atom. The molecule has 0 fully saturated rings. The lowest BCUT2D eigenvalue weighted by Gasteiger charge is -2.09. The van der Waals surface area contributed by atoms with Crippen LogP contribution in [0.3, 0.4) is 0 Å². The van der Waals surface area contributed by atoms with E-state index in [2.05, 4.69) is 12.1 Å².